The summed E-state index contributed by atoms with van der Waals surface area (Å²) in [6, 6.07) is 9.89. The highest BCUT2D eigenvalue weighted by Gasteiger charge is 2.27. The zero-order valence-corrected chi connectivity index (χ0v) is 10.4. The maximum atomic E-state index is 12.0. The van der Waals surface area contributed by atoms with Crippen LogP contribution in [-0.4, -0.2) is 27.8 Å². The van der Waals surface area contributed by atoms with Crippen LogP contribution in [0.2, 0.25) is 0 Å². The number of carbonyl (C=O) groups is 2. The van der Waals surface area contributed by atoms with Crippen molar-refractivity contribution < 1.29 is 9.59 Å². The molecule has 4 nitrogen and oxygen atoms in total. The highest BCUT2D eigenvalue weighted by molar-refractivity contribution is 8.01. The number of hydrogen-bond donors (Lipinski definition) is 2. The number of aromatic nitrogens is 1. The number of thioether (sulfide) groups is 1. The minimum Gasteiger partial charge on any atom is -0.358 e. The Kier molecular flexibility index (Phi) is 2.83. The summed E-state index contributed by atoms with van der Waals surface area (Å²) in [6.45, 7) is 0. The number of ketones is 1. The molecule has 1 fully saturated rings. The lowest BCUT2D eigenvalue weighted by Crippen LogP contribution is -2.32. The van der Waals surface area contributed by atoms with Crippen molar-refractivity contribution in [2.45, 2.75) is 11.8 Å². The van der Waals surface area contributed by atoms with Gasteiger partial charge in [0.15, 0.2) is 5.78 Å². The van der Waals surface area contributed by atoms with Crippen molar-refractivity contribution in [2.24, 2.45) is 0 Å². The Balaban J connectivity index is 1.75. The van der Waals surface area contributed by atoms with Gasteiger partial charge in [-0.25, -0.2) is 0 Å². The van der Waals surface area contributed by atoms with Gasteiger partial charge in [0.05, 0.1) is 5.75 Å². The van der Waals surface area contributed by atoms with Gasteiger partial charge in [-0.1, -0.05) is 18.2 Å². The Morgan fingerprint density at radius 2 is 2.22 bits per heavy atom. The van der Waals surface area contributed by atoms with Gasteiger partial charge in [0.1, 0.15) is 5.37 Å². The molecule has 18 heavy (non-hydrogen) atoms. The molecule has 5 heteroatoms. The second-order valence-corrected chi connectivity index (χ2v) is 5.38. The Morgan fingerprint density at radius 1 is 1.39 bits per heavy atom. The van der Waals surface area contributed by atoms with Crippen LogP contribution in [0.5, 0.6) is 0 Å². The van der Waals surface area contributed by atoms with Crippen molar-refractivity contribution in [3.05, 3.63) is 36.0 Å². The third-order valence-corrected chi connectivity index (χ3v) is 4.06. The first kappa shape index (κ1) is 11.3. The Morgan fingerprint density at radius 3 is 2.94 bits per heavy atom. The first-order valence-electron chi connectivity index (χ1n) is 5.73. The molecule has 0 radical (unpaired) electrons. The largest absolute Gasteiger partial charge is 0.358 e. The van der Waals surface area contributed by atoms with Gasteiger partial charge in [-0.15, -0.1) is 11.8 Å². The standard InChI is InChI=1S/C13H12N2O2S/c16-11(13-15-12(17)7-18-13)6-9-5-8-3-1-2-4-10(8)14-9/h1-5,13-14H,6-7H2,(H,15,17). The number of para-hydroxylation sites is 1. The first-order valence-corrected chi connectivity index (χ1v) is 6.77. The third kappa shape index (κ3) is 2.13. The summed E-state index contributed by atoms with van der Waals surface area (Å²) in [5.41, 5.74) is 1.92. The average molecular weight is 260 g/mol. The quantitative estimate of drug-likeness (QED) is 0.878. The predicted octanol–water partition coefficient (Wildman–Crippen LogP) is 1.47. The second kappa shape index (κ2) is 4.49. The van der Waals surface area contributed by atoms with Crippen molar-refractivity contribution in [3.63, 3.8) is 0 Å². The van der Waals surface area contributed by atoms with Crippen molar-refractivity contribution in [2.75, 3.05) is 5.75 Å². The lowest BCUT2D eigenvalue weighted by molar-refractivity contribution is -0.123. The number of aromatic amines is 1. The maximum absolute atomic E-state index is 12.0. The lowest BCUT2D eigenvalue weighted by Gasteiger charge is -2.06. The van der Waals surface area contributed by atoms with Crippen molar-refractivity contribution >= 4 is 34.4 Å². The maximum Gasteiger partial charge on any atom is 0.231 e. The van der Waals surface area contributed by atoms with Gasteiger partial charge < -0.3 is 10.3 Å². The van der Waals surface area contributed by atoms with Crippen LogP contribution in [0, 0.1) is 0 Å². The summed E-state index contributed by atoms with van der Waals surface area (Å²) >= 11 is 1.36. The number of carbonyl (C=O) groups excluding carboxylic acids is 2. The lowest BCUT2D eigenvalue weighted by atomic mass is 10.2. The van der Waals surface area contributed by atoms with E-state index >= 15 is 0 Å². The fourth-order valence-corrected chi connectivity index (χ4v) is 2.96. The Labute approximate surface area is 108 Å². The van der Waals surface area contributed by atoms with Crippen LogP contribution in [0.4, 0.5) is 0 Å². The minimum atomic E-state index is -0.385. The van der Waals surface area contributed by atoms with Crippen molar-refractivity contribution in [1.29, 1.82) is 0 Å². The number of hydrogen-bond acceptors (Lipinski definition) is 3. The zero-order valence-electron chi connectivity index (χ0n) is 9.60. The predicted molar refractivity (Wildman–Crippen MR) is 71.4 cm³/mol. The molecule has 1 aliphatic rings. The summed E-state index contributed by atoms with van der Waals surface area (Å²) in [5.74, 6) is 0.357. The molecule has 1 amide bonds. The number of nitrogens with one attached hydrogen (secondary N) is 2. The fraction of sp³-hybridized carbons (Fsp3) is 0.231. The summed E-state index contributed by atoms with van der Waals surface area (Å²) < 4.78 is 0. The molecule has 0 bridgehead atoms. The molecule has 0 saturated carbocycles. The molecule has 1 aliphatic heterocycles. The van der Waals surface area contributed by atoms with Crippen LogP contribution in [0.3, 0.4) is 0 Å². The van der Waals surface area contributed by atoms with Crippen molar-refractivity contribution in [1.82, 2.24) is 10.3 Å². The smallest absolute Gasteiger partial charge is 0.231 e. The van der Waals surface area contributed by atoms with Crippen LogP contribution >= 0.6 is 11.8 Å². The normalized spacial score (nSPS) is 19.1. The Bertz CT molecular complexity index is 587. The van der Waals surface area contributed by atoms with Crippen LogP contribution in [0.25, 0.3) is 10.9 Å². The van der Waals surface area contributed by atoms with E-state index in [4.69, 9.17) is 0 Å². The molecular weight excluding hydrogens is 248 g/mol. The number of Topliss-reactive ketones (excluding diaryl/α,β-unsaturated/α-hetero) is 1. The van der Waals surface area contributed by atoms with Crippen molar-refractivity contribution in [3.8, 4) is 0 Å². The number of benzene rings is 1. The monoisotopic (exact) mass is 260 g/mol. The number of fused-ring (bicyclic) bond motifs is 1. The van der Waals surface area contributed by atoms with Gasteiger partial charge in [0, 0.05) is 17.6 Å². The summed E-state index contributed by atoms with van der Waals surface area (Å²) in [6.07, 6.45) is 0.326. The van der Waals surface area contributed by atoms with E-state index in [0.29, 0.717) is 12.2 Å². The van der Waals surface area contributed by atoms with Gasteiger partial charge in [-0.05, 0) is 17.5 Å². The summed E-state index contributed by atoms with van der Waals surface area (Å²) in [7, 11) is 0. The summed E-state index contributed by atoms with van der Waals surface area (Å²) in [4.78, 5) is 26.3. The van der Waals surface area contributed by atoms with E-state index < -0.39 is 0 Å². The Hall–Kier alpha value is -1.75. The molecule has 2 N–H and O–H groups in total. The van der Waals surface area contributed by atoms with E-state index in [-0.39, 0.29) is 17.1 Å². The van der Waals surface area contributed by atoms with E-state index in [1.165, 1.54) is 11.8 Å². The van der Waals surface area contributed by atoms with Crippen LogP contribution in [0.1, 0.15) is 5.69 Å². The molecule has 1 aromatic heterocycles. The number of H-pyrrole nitrogens is 1. The van der Waals surface area contributed by atoms with Gasteiger partial charge >= 0.3 is 0 Å². The highest BCUT2D eigenvalue weighted by Crippen LogP contribution is 2.19. The van der Waals surface area contributed by atoms with Gasteiger partial charge in [-0.2, -0.15) is 0 Å². The van der Waals surface area contributed by atoms with E-state index in [1.807, 2.05) is 30.3 Å². The van der Waals surface area contributed by atoms with Gasteiger partial charge in [-0.3, -0.25) is 9.59 Å². The molecule has 1 aromatic carbocycles. The SMILES string of the molecule is O=C1CSC(C(=O)Cc2cc3ccccc3[nH]2)N1. The van der Waals surface area contributed by atoms with Crippen LogP contribution in [-0.2, 0) is 16.0 Å². The number of rotatable bonds is 3. The van der Waals surface area contributed by atoms with E-state index in [1.54, 1.807) is 0 Å². The molecule has 1 unspecified atom stereocenters. The number of amides is 1. The molecule has 2 heterocycles. The zero-order chi connectivity index (χ0) is 12.5. The molecule has 1 atom stereocenters. The van der Waals surface area contributed by atoms with Crippen LogP contribution in [0.15, 0.2) is 30.3 Å². The first-order chi connectivity index (χ1) is 8.72. The third-order valence-electron chi connectivity index (χ3n) is 2.92. The topological polar surface area (TPSA) is 62.0 Å². The van der Waals surface area contributed by atoms with E-state index in [9.17, 15) is 9.59 Å². The van der Waals surface area contributed by atoms with Gasteiger partial charge in [0.25, 0.3) is 0 Å². The van der Waals surface area contributed by atoms with E-state index in [0.717, 1.165) is 16.6 Å². The van der Waals surface area contributed by atoms with Gasteiger partial charge in [0.2, 0.25) is 5.91 Å². The minimum absolute atomic E-state index is 0.0393. The fourth-order valence-electron chi connectivity index (χ4n) is 2.07. The highest BCUT2D eigenvalue weighted by atomic mass is 32.2. The molecule has 0 aliphatic carbocycles. The second-order valence-electron chi connectivity index (χ2n) is 4.28. The average Bonchev–Trinajstić information content (AvgIpc) is 2.94. The summed E-state index contributed by atoms with van der Waals surface area (Å²) in [5, 5.41) is 3.38. The van der Waals surface area contributed by atoms with Crippen LogP contribution < -0.4 is 5.32 Å². The molecule has 92 valence electrons. The molecule has 2 aromatic rings. The molecule has 1 saturated heterocycles. The molecule has 3 rings (SSSR count). The molecule has 0 spiro atoms. The molecular formula is C13H12N2O2S. The van der Waals surface area contributed by atoms with E-state index in [2.05, 4.69) is 10.3 Å².